The summed E-state index contributed by atoms with van der Waals surface area (Å²) in [6, 6.07) is 13.4. The second kappa shape index (κ2) is 10.4. The average molecular weight is 440 g/mol. The Morgan fingerprint density at radius 2 is 1.77 bits per heavy atom. The molecule has 0 radical (unpaired) electrons. The molecule has 0 saturated carbocycles. The van der Waals surface area contributed by atoms with E-state index in [9.17, 15) is 5.11 Å². The first-order chi connectivity index (χ1) is 15.1. The third-order valence-corrected chi connectivity index (χ3v) is 7.25. The maximum Gasteiger partial charge on any atom is 0.149 e. The summed E-state index contributed by atoms with van der Waals surface area (Å²) in [7, 11) is 0. The molecule has 1 aliphatic rings. The summed E-state index contributed by atoms with van der Waals surface area (Å²) in [6.45, 7) is 8.59. The van der Waals surface area contributed by atoms with Gasteiger partial charge in [-0.2, -0.15) is 0 Å². The van der Waals surface area contributed by atoms with E-state index in [1.54, 1.807) is 17.4 Å². The number of hydrogen-bond acceptors (Lipinski definition) is 5. The van der Waals surface area contributed by atoms with Crippen LogP contribution in [0.1, 0.15) is 44.4 Å². The van der Waals surface area contributed by atoms with Crippen LogP contribution in [-0.4, -0.2) is 36.2 Å². The number of likely N-dealkylation sites (tertiary alicyclic amines) is 1. The van der Waals surface area contributed by atoms with Gasteiger partial charge < -0.3 is 14.6 Å². The minimum Gasteiger partial charge on any atom is -0.508 e. The van der Waals surface area contributed by atoms with Crippen LogP contribution >= 0.6 is 11.3 Å². The molecular formula is C26H33NO3S. The summed E-state index contributed by atoms with van der Waals surface area (Å²) in [5, 5.41) is 10.9. The molecule has 1 N–H and O–H groups in total. The van der Waals surface area contributed by atoms with Gasteiger partial charge in [0.25, 0.3) is 0 Å². The Hall–Kier alpha value is -2.24. The number of piperidine rings is 1. The largest absolute Gasteiger partial charge is 0.508 e. The van der Waals surface area contributed by atoms with E-state index in [0.29, 0.717) is 11.7 Å². The number of phenolic OH excluding ortho intramolecular Hbond substituents is 1. The van der Waals surface area contributed by atoms with Gasteiger partial charge in [0.1, 0.15) is 29.6 Å². The van der Waals surface area contributed by atoms with E-state index in [-0.39, 0.29) is 0 Å². The van der Waals surface area contributed by atoms with Crippen molar-refractivity contribution >= 4 is 21.4 Å². The van der Waals surface area contributed by atoms with Crippen molar-refractivity contribution in [1.82, 2.24) is 4.90 Å². The van der Waals surface area contributed by atoms with Crippen LogP contribution in [0.4, 0.5) is 0 Å². The van der Waals surface area contributed by atoms with Crippen LogP contribution in [0.25, 0.3) is 10.1 Å². The van der Waals surface area contributed by atoms with Gasteiger partial charge in [-0.3, -0.25) is 4.90 Å². The number of fused-ring (bicyclic) bond motifs is 1. The highest BCUT2D eigenvalue weighted by atomic mass is 32.1. The summed E-state index contributed by atoms with van der Waals surface area (Å²) in [5.41, 5.74) is 0. The maximum absolute atomic E-state index is 9.88. The number of phenols is 1. The van der Waals surface area contributed by atoms with E-state index in [0.717, 1.165) is 53.3 Å². The fourth-order valence-electron chi connectivity index (χ4n) is 4.02. The van der Waals surface area contributed by atoms with Crippen LogP contribution in [-0.2, 0) is 6.42 Å². The number of ether oxygens (including phenoxy) is 2. The molecule has 31 heavy (non-hydrogen) atoms. The third kappa shape index (κ3) is 5.72. The summed E-state index contributed by atoms with van der Waals surface area (Å²) in [6.07, 6.45) is 6.08. The number of rotatable bonds is 9. The van der Waals surface area contributed by atoms with E-state index < -0.39 is 0 Å². The first kappa shape index (κ1) is 22.0. The van der Waals surface area contributed by atoms with Crippen molar-refractivity contribution in [3.8, 4) is 23.0 Å². The number of aromatic hydroxyl groups is 1. The Balaban J connectivity index is 1.43. The minimum atomic E-state index is 0.293. The van der Waals surface area contributed by atoms with Crippen molar-refractivity contribution in [3.05, 3.63) is 47.3 Å². The van der Waals surface area contributed by atoms with E-state index in [1.807, 2.05) is 36.4 Å². The highest BCUT2D eigenvalue weighted by molar-refractivity contribution is 7.19. The van der Waals surface area contributed by atoms with Gasteiger partial charge in [0.15, 0.2) is 0 Å². The van der Waals surface area contributed by atoms with Crippen LogP contribution in [0.15, 0.2) is 42.5 Å². The van der Waals surface area contributed by atoms with E-state index >= 15 is 0 Å². The lowest BCUT2D eigenvalue weighted by Crippen LogP contribution is -2.33. The summed E-state index contributed by atoms with van der Waals surface area (Å²) in [4.78, 5) is 3.72. The molecule has 2 heterocycles. The zero-order valence-corrected chi connectivity index (χ0v) is 19.4. The zero-order valence-electron chi connectivity index (χ0n) is 18.6. The zero-order chi connectivity index (χ0) is 21.6. The summed E-state index contributed by atoms with van der Waals surface area (Å²) >= 11 is 1.71. The van der Waals surface area contributed by atoms with Crippen molar-refractivity contribution in [2.24, 2.45) is 5.92 Å². The van der Waals surface area contributed by atoms with Crippen LogP contribution < -0.4 is 9.47 Å². The Morgan fingerprint density at radius 1 is 1.03 bits per heavy atom. The standard InChI is InChI=1S/C26H33NO3S/c1-3-19(2)17-25-26(23-12-7-20(28)18-24(23)31-25)30-22-10-8-21(9-11-22)29-16-15-27-13-5-4-6-14-27/h7-12,18-19,28H,3-6,13-17H2,1-2H3. The van der Waals surface area contributed by atoms with E-state index in [4.69, 9.17) is 9.47 Å². The number of thiophene rings is 1. The van der Waals surface area contributed by atoms with Crippen molar-refractivity contribution < 1.29 is 14.6 Å². The van der Waals surface area contributed by atoms with Crippen LogP contribution in [0, 0.1) is 5.92 Å². The number of nitrogens with zero attached hydrogens (tertiary/aromatic N) is 1. The van der Waals surface area contributed by atoms with Gasteiger partial charge >= 0.3 is 0 Å². The topological polar surface area (TPSA) is 41.9 Å². The summed E-state index contributed by atoms with van der Waals surface area (Å²) < 4.78 is 13.4. The molecule has 3 aromatic rings. The van der Waals surface area contributed by atoms with Gasteiger partial charge in [0, 0.05) is 21.5 Å². The third-order valence-electron chi connectivity index (χ3n) is 6.10. The van der Waals surface area contributed by atoms with E-state index in [2.05, 4.69) is 18.7 Å². The molecule has 166 valence electrons. The molecule has 4 nitrogen and oxygen atoms in total. The fourth-order valence-corrected chi connectivity index (χ4v) is 5.34. The number of benzene rings is 2. The van der Waals surface area contributed by atoms with Crippen molar-refractivity contribution in [3.63, 3.8) is 0 Å². The predicted octanol–water partition coefficient (Wildman–Crippen LogP) is 6.85. The average Bonchev–Trinajstić information content (AvgIpc) is 3.11. The monoisotopic (exact) mass is 439 g/mol. The van der Waals surface area contributed by atoms with Gasteiger partial charge in [0.2, 0.25) is 0 Å². The molecule has 1 fully saturated rings. The van der Waals surface area contributed by atoms with Crippen LogP contribution in [0.2, 0.25) is 0 Å². The molecule has 2 aromatic carbocycles. The smallest absolute Gasteiger partial charge is 0.149 e. The van der Waals surface area contributed by atoms with Crippen molar-refractivity contribution in [2.45, 2.75) is 46.0 Å². The molecule has 1 atom stereocenters. The Bertz CT molecular complexity index is 976. The van der Waals surface area contributed by atoms with Gasteiger partial charge in [-0.05, 0) is 80.7 Å². The van der Waals surface area contributed by atoms with Gasteiger partial charge in [-0.25, -0.2) is 0 Å². The molecular weight excluding hydrogens is 406 g/mol. The predicted molar refractivity (Wildman–Crippen MR) is 129 cm³/mol. The highest BCUT2D eigenvalue weighted by Gasteiger charge is 2.17. The van der Waals surface area contributed by atoms with Crippen LogP contribution in [0.3, 0.4) is 0 Å². The lowest BCUT2D eigenvalue weighted by Gasteiger charge is -2.26. The first-order valence-electron chi connectivity index (χ1n) is 11.5. The van der Waals surface area contributed by atoms with E-state index in [1.165, 1.54) is 37.2 Å². The lowest BCUT2D eigenvalue weighted by molar-refractivity contribution is 0.183. The molecule has 1 aliphatic heterocycles. The molecule has 0 bridgehead atoms. The Morgan fingerprint density at radius 3 is 2.52 bits per heavy atom. The fraction of sp³-hybridized carbons (Fsp3) is 0.462. The molecule has 1 saturated heterocycles. The molecule has 4 rings (SSSR count). The first-order valence-corrected chi connectivity index (χ1v) is 12.3. The molecule has 5 heteroatoms. The van der Waals surface area contributed by atoms with Gasteiger partial charge in [-0.1, -0.05) is 26.7 Å². The van der Waals surface area contributed by atoms with Crippen molar-refractivity contribution in [1.29, 1.82) is 0 Å². The minimum absolute atomic E-state index is 0.293. The number of hydrogen-bond donors (Lipinski definition) is 1. The molecule has 0 aliphatic carbocycles. The highest BCUT2D eigenvalue weighted by Crippen LogP contribution is 2.43. The van der Waals surface area contributed by atoms with Crippen molar-refractivity contribution in [2.75, 3.05) is 26.2 Å². The molecule has 1 aromatic heterocycles. The summed E-state index contributed by atoms with van der Waals surface area (Å²) in [5.74, 6) is 3.48. The second-order valence-electron chi connectivity index (χ2n) is 8.58. The Kier molecular flexibility index (Phi) is 7.36. The molecule has 0 amide bonds. The Labute approximate surface area is 189 Å². The molecule has 1 unspecified atom stereocenters. The lowest BCUT2D eigenvalue weighted by atomic mass is 10.0. The normalized spacial score (nSPS) is 15.8. The molecule has 0 spiro atoms. The van der Waals surface area contributed by atoms with Gasteiger partial charge in [-0.15, -0.1) is 11.3 Å². The quantitative estimate of drug-likeness (QED) is 0.396. The SMILES string of the molecule is CCC(C)Cc1sc2cc(O)ccc2c1Oc1ccc(OCCN2CCCCC2)cc1. The second-order valence-corrected chi connectivity index (χ2v) is 9.71. The maximum atomic E-state index is 9.88. The van der Waals surface area contributed by atoms with Gasteiger partial charge in [0.05, 0.1) is 0 Å². The van der Waals surface area contributed by atoms with Crippen LogP contribution in [0.5, 0.6) is 23.0 Å².